The summed E-state index contributed by atoms with van der Waals surface area (Å²) in [5.74, 6) is 0.277. The van der Waals surface area contributed by atoms with Crippen molar-refractivity contribution in [2.24, 2.45) is 0 Å². The van der Waals surface area contributed by atoms with Crippen LogP contribution in [0.2, 0.25) is 0 Å². The second-order valence-electron chi connectivity index (χ2n) is 5.22. The fraction of sp³-hybridized carbons (Fsp3) is 0.222. The molecule has 2 aromatic rings. The van der Waals surface area contributed by atoms with Gasteiger partial charge in [-0.2, -0.15) is 0 Å². The summed E-state index contributed by atoms with van der Waals surface area (Å²) in [6.07, 6.45) is 7.92. The summed E-state index contributed by atoms with van der Waals surface area (Å²) in [6.45, 7) is 2.18. The van der Waals surface area contributed by atoms with Crippen LogP contribution >= 0.6 is 12.2 Å². The Morgan fingerprint density at radius 1 is 1.21 bits per heavy atom. The highest BCUT2D eigenvalue weighted by molar-refractivity contribution is 7.80. The second kappa shape index (κ2) is 9.52. The Bertz CT molecular complexity index is 679. The third-order valence-corrected chi connectivity index (χ3v) is 3.48. The van der Waals surface area contributed by atoms with Crippen LogP contribution in [-0.2, 0) is 11.2 Å². The Morgan fingerprint density at radius 2 is 2.00 bits per heavy atom. The molecule has 0 saturated carbocycles. The third-order valence-electron chi connectivity index (χ3n) is 3.27. The molecule has 2 rings (SSSR count). The lowest BCUT2D eigenvalue weighted by Gasteiger charge is -2.11. The average molecular weight is 343 g/mol. The van der Waals surface area contributed by atoms with E-state index in [2.05, 4.69) is 35.2 Å². The fourth-order valence-corrected chi connectivity index (χ4v) is 2.17. The first kappa shape index (κ1) is 17.7. The molecule has 1 amide bonds. The summed E-state index contributed by atoms with van der Waals surface area (Å²) < 4.78 is 5.10. The SMILES string of the molecule is CCCCc1ccc(NC(=S)NNC(=O)/C=C/c2ccco2)cc1. The number of carbonyl (C=O) groups excluding carboxylic acids is 1. The number of anilines is 1. The van der Waals surface area contributed by atoms with Gasteiger partial charge in [-0.05, 0) is 61.0 Å². The van der Waals surface area contributed by atoms with E-state index in [1.165, 1.54) is 24.5 Å². The van der Waals surface area contributed by atoms with E-state index in [-0.39, 0.29) is 5.91 Å². The summed E-state index contributed by atoms with van der Waals surface area (Å²) in [4.78, 5) is 11.7. The normalized spacial score (nSPS) is 10.5. The zero-order chi connectivity index (χ0) is 17.2. The number of rotatable bonds is 6. The van der Waals surface area contributed by atoms with E-state index in [1.54, 1.807) is 24.5 Å². The predicted octanol–water partition coefficient (Wildman–Crippen LogP) is 3.65. The molecule has 0 fully saturated rings. The van der Waals surface area contributed by atoms with Crippen molar-refractivity contribution in [3.8, 4) is 0 Å². The number of amides is 1. The summed E-state index contributed by atoms with van der Waals surface area (Å²) in [5, 5.41) is 3.33. The van der Waals surface area contributed by atoms with E-state index in [9.17, 15) is 4.79 Å². The zero-order valence-electron chi connectivity index (χ0n) is 13.5. The number of nitrogens with one attached hydrogen (secondary N) is 3. The van der Waals surface area contributed by atoms with Crippen molar-refractivity contribution in [3.05, 3.63) is 60.1 Å². The van der Waals surface area contributed by atoms with Crippen LogP contribution in [0.15, 0.2) is 53.2 Å². The zero-order valence-corrected chi connectivity index (χ0v) is 14.4. The van der Waals surface area contributed by atoms with E-state index >= 15 is 0 Å². The Morgan fingerprint density at radius 3 is 2.67 bits per heavy atom. The van der Waals surface area contributed by atoms with Crippen molar-refractivity contribution in [1.82, 2.24) is 10.9 Å². The van der Waals surface area contributed by atoms with Crippen LogP contribution in [0.25, 0.3) is 6.08 Å². The van der Waals surface area contributed by atoms with Crippen LogP contribution in [0.5, 0.6) is 0 Å². The van der Waals surface area contributed by atoms with Gasteiger partial charge >= 0.3 is 0 Å². The summed E-state index contributed by atoms with van der Waals surface area (Å²) in [6, 6.07) is 11.6. The van der Waals surface area contributed by atoms with Crippen LogP contribution in [0, 0.1) is 0 Å². The molecular formula is C18H21N3O2S. The minimum atomic E-state index is -0.328. The number of thiocarbonyl (C=S) groups is 1. The molecule has 126 valence electrons. The maximum absolute atomic E-state index is 11.7. The van der Waals surface area contributed by atoms with Crippen molar-refractivity contribution in [1.29, 1.82) is 0 Å². The maximum atomic E-state index is 11.7. The van der Waals surface area contributed by atoms with E-state index in [4.69, 9.17) is 16.6 Å². The van der Waals surface area contributed by atoms with Crippen LogP contribution in [0.3, 0.4) is 0 Å². The van der Waals surface area contributed by atoms with Gasteiger partial charge in [-0.25, -0.2) is 0 Å². The molecule has 24 heavy (non-hydrogen) atoms. The lowest BCUT2D eigenvalue weighted by Crippen LogP contribution is -2.43. The first-order valence-electron chi connectivity index (χ1n) is 7.85. The molecule has 0 spiro atoms. The van der Waals surface area contributed by atoms with Gasteiger partial charge in [0.15, 0.2) is 5.11 Å². The Kier molecular flexibility index (Phi) is 7.04. The van der Waals surface area contributed by atoms with Gasteiger partial charge in [0, 0.05) is 11.8 Å². The highest BCUT2D eigenvalue weighted by atomic mass is 32.1. The van der Waals surface area contributed by atoms with Crippen LogP contribution in [0.4, 0.5) is 5.69 Å². The van der Waals surface area contributed by atoms with Gasteiger partial charge in [-0.1, -0.05) is 25.5 Å². The Balaban J connectivity index is 1.73. The lowest BCUT2D eigenvalue weighted by atomic mass is 10.1. The van der Waals surface area contributed by atoms with Crippen molar-refractivity contribution >= 4 is 35.0 Å². The Labute approximate surface area is 147 Å². The van der Waals surface area contributed by atoms with E-state index in [1.807, 2.05) is 12.1 Å². The van der Waals surface area contributed by atoms with Gasteiger partial charge in [0.25, 0.3) is 5.91 Å². The van der Waals surface area contributed by atoms with E-state index in [0.717, 1.165) is 12.1 Å². The third kappa shape index (κ3) is 6.26. The molecule has 5 nitrogen and oxygen atoms in total. The molecule has 0 bridgehead atoms. The average Bonchev–Trinajstić information content (AvgIpc) is 3.11. The van der Waals surface area contributed by atoms with Crippen LogP contribution in [0.1, 0.15) is 31.1 Å². The van der Waals surface area contributed by atoms with Gasteiger partial charge in [0.2, 0.25) is 0 Å². The number of furan rings is 1. The van der Waals surface area contributed by atoms with Crippen LogP contribution in [-0.4, -0.2) is 11.0 Å². The van der Waals surface area contributed by atoms with Crippen LogP contribution < -0.4 is 16.2 Å². The highest BCUT2D eigenvalue weighted by Crippen LogP contribution is 2.11. The lowest BCUT2D eigenvalue weighted by molar-refractivity contribution is -0.116. The molecule has 0 atom stereocenters. The molecule has 6 heteroatoms. The first-order valence-corrected chi connectivity index (χ1v) is 8.25. The Hall–Kier alpha value is -2.60. The molecule has 0 aliphatic rings. The van der Waals surface area contributed by atoms with Gasteiger partial charge in [-0.3, -0.25) is 15.6 Å². The van der Waals surface area contributed by atoms with Gasteiger partial charge in [-0.15, -0.1) is 0 Å². The smallest absolute Gasteiger partial charge is 0.262 e. The van der Waals surface area contributed by atoms with Gasteiger partial charge < -0.3 is 9.73 Å². The summed E-state index contributed by atoms with van der Waals surface area (Å²) in [7, 11) is 0. The molecule has 0 aliphatic carbocycles. The van der Waals surface area contributed by atoms with Gasteiger partial charge in [0.05, 0.1) is 6.26 Å². The molecule has 0 aliphatic heterocycles. The van der Waals surface area contributed by atoms with E-state index < -0.39 is 0 Å². The molecule has 1 heterocycles. The maximum Gasteiger partial charge on any atom is 0.262 e. The largest absolute Gasteiger partial charge is 0.465 e. The molecule has 0 unspecified atom stereocenters. The van der Waals surface area contributed by atoms with Crippen molar-refractivity contribution < 1.29 is 9.21 Å². The second-order valence-corrected chi connectivity index (χ2v) is 5.63. The first-order chi connectivity index (χ1) is 11.7. The highest BCUT2D eigenvalue weighted by Gasteiger charge is 2.00. The quantitative estimate of drug-likeness (QED) is 0.424. The molecule has 1 aromatic carbocycles. The number of aryl methyl sites for hydroxylation is 1. The van der Waals surface area contributed by atoms with E-state index in [0.29, 0.717) is 10.9 Å². The number of hydrazine groups is 1. The summed E-state index contributed by atoms with van der Waals surface area (Å²) >= 11 is 5.14. The standard InChI is InChI=1S/C18H21N3O2S/c1-2-3-5-14-7-9-15(10-8-14)19-18(24)21-20-17(22)12-11-16-6-4-13-23-16/h4,6-13H,2-3,5H2,1H3,(H,20,22)(H2,19,21,24)/b12-11+. The number of unbranched alkanes of at least 4 members (excludes halogenated alkanes) is 1. The minimum absolute atomic E-state index is 0.316. The monoisotopic (exact) mass is 343 g/mol. The van der Waals surface area contributed by atoms with Crippen molar-refractivity contribution in [2.75, 3.05) is 5.32 Å². The van der Waals surface area contributed by atoms with Crippen molar-refractivity contribution in [2.45, 2.75) is 26.2 Å². The van der Waals surface area contributed by atoms with Gasteiger partial charge in [0.1, 0.15) is 5.76 Å². The molecule has 0 radical (unpaired) electrons. The number of carbonyl (C=O) groups is 1. The molecule has 1 aromatic heterocycles. The number of benzene rings is 1. The summed E-state index contributed by atoms with van der Waals surface area (Å²) in [5.41, 5.74) is 7.30. The molecule has 0 saturated heterocycles. The fourth-order valence-electron chi connectivity index (χ4n) is 2.00. The predicted molar refractivity (Wildman–Crippen MR) is 100 cm³/mol. The number of hydrogen-bond acceptors (Lipinski definition) is 3. The minimum Gasteiger partial charge on any atom is -0.465 e. The topological polar surface area (TPSA) is 66.3 Å². The molecular weight excluding hydrogens is 322 g/mol. The molecule has 3 N–H and O–H groups in total. The van der Waals surface area contributed by atoms with Crippen molar-refractivity contribution in [3.63, 3.8) is 0 Å². The number of hydrogen-bond donors (Lipinski definition) is 3.